The summed E-state index contributed by atoms with van der Waals surface area (Å²) in [6.45, 7) is 1.67. The molecular weight excluding hydrogens is 240 g/mol. The van der Waals surface area contributed by atoms with Gasteiger partial charge >= 0.3 is 0 Å². The van der Waals surface area contributed by atoms with Crippen LogP contribution in [0.25, 0.3) is 0 Å². The monoisotopic (exact) mass is 260 g/mol. The van der Waals surface area contributed by atoms with Crippen molar-refractivity contribution in [3.05, 3.63) is 35.9 Å². The van der Waals surface area contributed by atoms with Crippen LogP contribution in [0.15, 0.2) is 35.3 Å². The summed E-state index contributed by atoms with van der Waals surface area (Å²) in [5.41, 5.74) is 6.48. The minimum Gasteiger partial charge on any atom is -0.370 e. The molecule has 0 aromatic heterocycles. The number of carbonyl (C=O) groups excluding carboxylic acids is 1. The maximum Gasteiger partial charge on any atom is 0.251 e. The van der Waals surface area contributed by atoms with Crippen molar-refractivity contribution in [3.63, 3.8) is 0 Å². The Morgan fingerprint density at radius 2 is 1.95 bits per heavy atom. The number of hydrogen-bond donors (Lipinski definition) is 2. The first-order valence-corrected chi connectivity index (χ1v) is 6.54. The second kappa shape index (κ2) is 6.22. The molecule has 0 bridgehead atoms. The Balaban J connectivity index is 1.85. The minimum atomic E-state index is -0.00354. The number of carbonyl (C=O) groups is 1. The first-order valence-electron chi connectivity index (χ1n) is 6.54. The Kier molecular flexibility index (Phi) is 4.39. The van der Waals surface area contributed by atoms with Crippen LogP contribution in [0.5, 0.6) is 0 Å². The zero-order valence-electron chi connectivity index (χ0n) is 11.2. The first-order chi connectivity index (χ1) is 9.20. The number of nitrogens with one attached hydrogen (secondary N) is 1. The van der Waals surface area contributed by atoms with E-state index < -0.39 is 0 Å². The quantitative estimate of drug-likeness (QED) is 0.611. The third kappa shape index (κ3) is 3.47. The highest BCUT2D eigenvalue weighted by Crippen LogP contribution is 2.11. The summed E-state index contributed by atoms with van der Waals surface area (Å²) in [4.78, 5) is 18.0. The van der Waals surface area contributed by atoms with Crippen LogP contribution in [-0.2, 0) is 0 Å². The lowest BCUT2D eigenvalue weighted by molar-refractivity contribution is 0.0922. The normalized spacial score (nSPS) is 17.3. The molecule has 1 aromatic rings. The molecule has 1 fully saturated rings. The van der Waals surface area contributed by atoms with Gasteiger partial charge in [0.15, 0.2) is 5.96 Å². The van der Waals surface area contributed by atoms with Crippen molar-refractivity contribution in [1.29, 1.82) is 0 Å². The topological polar surface area (TPSA) is 70.7 Å². The number of hydrogen-bond acceptors (Lipinski definition) is 2. The molecule has 1 heterocycles. The molecule has 0 spiro atoms. The summed E-state index contributed by atoms with van der Waals surface area (Å²) in [5.74, 6) is 0.573. The summed E-state index contributed by atoms with van der Waals surface area (Å²) >= 11 is 0. The third-order valence-electron chi connectivity index (χ3n) is 3.42. The van der Waals surface area contributed by atoms with Gasteiger partial charge in [-0.2, -0.15) is 0 Å². The van der Waals surface area contributed by atoms with Crippen molar-refractivity contribution < 1.29 is 4.79 Å². The Bertz CT molecular complexity index is 450. The van der Waals surface area contributed by atoms with Gasteiger partial charge in [-0.05, 0) is 25.0 Å². The summed E-state index contributed by atoms with van der Waals surface area (Å²) in [6.07, 6.45) is 1.80. The Labute approximate surface area is 113 Å². The van der Waals surface area contributed by atoms with Crippen LogP contribution >= 0.6 is 0 Å². The molecule has 2 rings (SSSR count). The average Bonchev–Trinajstić information content (AvgIpc) is 2.48. The van der Waals surface area contributed by atoms with E-state index >= 15 is 0 Å². The molecule has 102 valence electrons. The Hall–Kier alpha value is -2.04. The summed E-state index contributed by atoms with van der Waals surface area (Å²) in [7, 11) is 1.69. The molecule has 0 unspecified atom stereocenters. The molecule has 1 aliphatic heterocycles. The third-order valence-corrected chi connectivity index (χ3v) is 3.42. The van der Waals surface area contributed by atoms with E-state index in [0.29, 0.717) is 11.5 Å². The fourth-order valence-electron chi connectivity index (χ4n) is 2.25. The van der Waals surface area contributed by atoms with Crippen LogP contribution in [0, 0.1) is 0 Å². The van der Waals surface area contributed by atoms with Gasteiger partial charge in [0.1, 0.15) is 0 Å². The molecule has 19 heavy (non-hydrogen) atoms. The highest BCUT2D eigenvalue weighted by atomic mass is 16.1. The average molecular weight is 260 g/mol. The first kappa shape index (κ1) is 13.4. The van der Waals surface area contributed by atoms with Crippen LogP contribution in [0.2, 0.25) is 0 Å². The van der Waals surface area contributed by atoms with Crippen LogP contribution in [0.4, 0.5) is 0 Å². The van der Waals surface area contributed by atoms with Crippen LogP contribution < -0.4 is 11.1 Å². The van der Waals surface area contributed by atoms with Crippen LogP contribution in [0.3, 0.4) is 0 Å². The van der Waals surface area contributed by atoms with E-state index in [4.69, 9.17) is 5.73 Å². The van der Waals surface area contributed by atoms with Gasteiger partial charge in [0.05, 0.1) is 0 Å². The molecule has 0 atom stereocenters. The van der Waals surface area contributed by atoms with Gasteiger partial charge in [0.25, 0.3) is 5.91 Å². The molecule has 0 aliphatic carbocycles. The van der Waals surface area contributed by atoms with Gasteiger partial charge in [-0.3, -0.25) is 9.79 Å². The number of nitrogens with zero attached hydrogens (tertiary/aromatic N) is 2. The SMILES string of the molecule is CN=C(N)N1CCC(NC(=O)c2ccccc2)CC1. The fourth-order valence-corrected chi connectivity index (χ4v) is 2.25. The van der Waals surface area contributed by atoms with Gasteiger partial charge in [0, 0.05) is 31.7 Å². The zero-order chi connectivity index (χ0) is 13.7. The second-order valence-corrected chi connectivity index (χ2v) is 4.68. The van der Waals surface area contributed by atoms with Crippen molar-refractivity contribution in [2.24, 2.45) is 10.7 Å². The number of amides is 1. The van der Waals surface area contributed by atoms with E-state index in [1.165, 1.54) is 0 Å². The number of nitrogens with two attached hydrogens (primary N) is 1. The molecule has 5 heteroatoms. The van der Waals surface area contributed by atoms with E-state index in [1.54, 1.807) is 7.05 Å². The standard InChI is InChI=1S/C14H20N4O/c1-16-14(15)18-9-7-12(8-10-18)17-13(19)11-5-3-2-4-6-11/h2-6,12H,7-10H2,1H3,(H2,15,16)(H,17,19). The summed E-state index contributed by atoms with van der Waals surface area (Å²) in [5, 5.41) is 3.07. The predicted molar refractivity (Wildman–Crippen MR) is 76.0 cm³/mol. The van der Waals surface area contributed by atoms with Gasteiger partial charge in [-0.1, -0.05) is 18.2 Å². The van der Waals surface area contributed by atoms with Gasteiger partial charge in [0.2, 0.25) is 0 Å². The summed E-state index contributed by atoms with van der Waals surface area (Å²) < 4.78 is 0. The molecule has 1 aromatic carbocycles. The highest BCUT2D eigenvalue weighted by Gasteiger charge is 2.21. The molecule has 1 saturated heterocycles. The van der Waals surface area contributed by atoms with E-state index in [9.17, 15) is 4.79 Å². The molecule has 0 saturated carbocycles. The lowest BCUT2D eigenvalue weighted by atomic mass is 10.0. The highest BCUT2D eigenvalue weighted by molar-refractivity contribution is 5.94. The number of likely N-dealkylation sites (tertiary alicyclic amines) is 1. The second-order valence-electron chi connectivity index (χ2n) is 4.68. The van der Waals surface area contributed by atoms with E-state index in [0.717, 1.165) is 25.9 Å². The fraction of sp³-hybridized carbons (Fsp3) is 0.429. The maximum atomic E-state index is 12.0. The lowest BCUT2D eigenvalue weighted by Crippen LogP contribution is -2.48. The molecule has 5 nitrogen and oxygen atoms in total. The van der Waals surface area contributed by atoms with Crippen LogP contribution in [-0.4, -0.2) is 42.9 Å². The predicted octanol–water partition coefficient (Wildman–Crippen LogP) is 0.825. The molecule has 3 N–H and O–H groups in total. The summed E-state index contributed by atoms with van der Waals surface area (Å²) in [6, 6.07) is 9.51. The number of aliphatic imine (C=N–C) groups is 1. The van der Waals surface area contributed by atoms with Crippen molar-refractivity contribution in [2.45, 2.75) is 18.9 Å². The van der Waals surface area contributed by atoms with E-state index in [-0.39, 0.29) is 11.9 Å². The molecule has 1 aliphatic rings. The smallest absolute Gasteiger partial charge is 0.251 e. The van der Waals surface area contributed by atoms with Crippen molar-refractivity contribution in [3.8, 4) is 0 Å². The Morgan fingerprint density at radius 3 is 2.53 bits per heavy atom. The van der Waals surface area contributed by atoms with E-state index in [1.807, 2.05) is 35.2 Å². The number of benzene rings is 1. The lowest BCUT2D eigenvalue weighted by Gasteiger charge is -2.32. The van der Waals surface area contributed by atoms with E-state index in [2.05, 4.69) is 10.3 Å². The number of guanidine groups is 1. The maximum absolute atomic E-state index is 12.0. The molecular formula is C14H20N4O. The van der Waals surface area contributed by atoms with Gasteiger partial charge in [-0.25, -0.2) is 0 Å². The van der Waals surface area contributed by atoms with Crippen LogP contribution in [0.1, 0.15) is 23.2 Å². The van der Waals surface area contributed by atoms with Crippen molar-refractivity contribution >= 4 is 11.9 Å². The largest absolute Gasteiger partial charge is 0.370 e. The Morgan fingerprint density at radius 1 is 1.32 bits per heavy atom. The van der Waals surface area contributed by atoms with Crippen molar-refractivity contribution in [1.82, 2.24) is 10.2 Å². The number of rotatable bonds is 2. The minimum absolute atomic E-state index is 0.00354. The van der Waals surface area contributed by atoms with Gasteiger partial charge < -0.3 is 16.0 Å². The van der Waals surface area contributed by atoms with Gasteiger partial charge in [-0.15, -0.1) is 0 Å². The van der Waals surface area contributed by atoms with Crippen molar-refractivity contribution in [2.75, 3.05) is 20.1 Å². The molecule has 1 amide bonds. The molecule has 0 radical (unpaired) electrons. The number of piperidine rings is 1. The zero-order valence-corrected chi connectivity index (χ0v) is 11.2.